The van der Waals surface area contributed by atoms with Crippen molar-refractivity contribution in [1.82, 2.24) is 0 Å². The van der Waals surface area contributed by atoms with Crippen molar-refractivity contribution in [3.05, 3.63) is 70.8 Å². The van der Waals surface area contributed by atoms with Gasteiger partial charge in [-0.2, -0.15) is 0 Å². The van der Waals surface area contributed by atoms with E-state index in [2.05, 4.69) is 0 Å². The maximum Gasteiger partial charge on any atom is 0.336 e. The highest BCUT2D eigenvalue weighted by Crippen LogP contribution is 2.36. The van der Waals surface area contributed by atoms with E-state index in [9.17, 15) is 19.8 Å². The summed E-state index contributed by atoms with van der Waals surface area (Å²) in [7, 11) is 0. The first-order valence-electron chi connectivity index (χ1n) is 7.90. The number of hydrogen-bond acceptors (Lipinski definition) is 4. The van der Waals surface area contributed by atoms with Crippen molar-refractivity contribution in [1.29, 1.82) is 0 Å². The topological polar surface area (TPSA) is 115 Å². The van der Waals surface area contributed by atoms with E-state index in [0.29, 0.717) is 18.4 Å². The maximum absolute atomic E-state index is 11.5. The van der Waals surface area contributed by atoms with Crippen molar-refractivity contribution in [2.75, 3.05) is 6.61 Å². The van der Waals surface area contributed by atoms with Gasteiger partial charge in [0, 0.05) is 12.2 Å². The second-order valence-electron chi connectivity index (χ2n) is 5.77. The number of unbranched alkanes of at least 4 members (excludes halogenated alkanes) is 1. The summed E-state index contributed by atoms with van der Waals surface area (Å²) in [6, 6.07) is 11.9. The van der Waals surface area contributed by atoms with E-state index in [1.165, 1.54) is 30.3 Å². The smallest absolute Gasteiger partial charge is 0.336 e. The number of rotatable bonds is 8. The van der Waals surface area contributed by atoms with E-state index in [0.717, 1.165) is 0 Å². The third-order valence-corrected chi connectivity index (χ3v) is 4.16. The molecule has 0 aliphatic carbocycles. The van der Waals surface area contributed by atoms with Crippen LogP contribution >= 0.6 is 0 Å². The predicted molar refractivity (Wildman–Crippen MR) is 90.7 cm³/mol. The second kappa shape index (κ2) is 7.92. The Morgan fingerprint density at radius 1 is 0.880 bits per heavy atom. The molecule has 0 aliphatic heterocycles. The molecule has 2 rings (SSSR count). The predicted octanol–water partition coefficient (Wildman–Crippen LogP) is 2.48. The molecule has 6 heteroatoms. The summed E-state index contributed by atoms with van der Waals surface area (Å²) in [5.41, 5.74) is -0.891. The van der Waals surface area contributed by atoms with E-state index >= 15 is 0 Å². The molecule has 0 amide bonds. The summed E-state index contributed by atoms with van der Waals surface area (Å²) in [6.45, 7) is -0.0331. The van der Waals surface area contributed by atoms with Crippen LogP contribution in [0.5, 0.6) is 0 Å². The number of carbonyl (C=O) groups is 2. The first-order valence-corrected chi connectivity index (χ1v) is 7.90. The highest BCUT2D eigenvalue weighted by atomic mass is 16.4. The molecule has 0 fully saturated rings. The van der Waals surface area contributed by atoms with Crippen LogP contribution < -0.4 is 0 Å². The zero-order valence-corrected chi connectivity index (χ0v) is 13.6. The SMILES string of the molecule is O=C(O)c1ccc(C(O)(CCCCO)c2ccccc2C(=O)O)cc1. The lowest BCUT2D eigenvalue weighted by molar-refractivity contribution is 0.0580. The van der Waals surface area contributed by atoms with Gasteiger partial charge in [-0.05, 0) is 43.0 Å². The monoisotopic (exact) mass is 344 g/mol. The molecule has 4 N–H and O–H groups in total. The number of benzene rings is 2. The minimum absolute atomic E-state index is 0.0173. The van der Waals surface area contributed by atoms with Crippen LogP contribution in [0.3, 0.4) is 0 Å². The van der Waals surface area contributed by atoms with Gasteiger partial charge in [-0.15, -0.1) is 0 Å². The molecular formula is C19H20O6. The van der Waals surface area contributed by atoms with Crippen molar-refractivity contribution in [3.8, 4) is 0 Å². The normalized spacial score (nSPS) is 13.2. The third kappa shape index (κ3) is 4.04. The average molecular weight is 344 g/mol. The van der Waals surface area contributed by atoms with Gasteiger partial charge in [0.15, 0.2) is 0 Å². The van der Waals surface area contributed by atoms with Crippen LogP contribution in [-0.2, 0) is 5.60 Å². The van der Waals surface area contributed by atoms with Crippen molar-refractivity contribution < 1.29 is 30.0 Å². The van der Waals surface area contributed by atoms with Crippen LogP contribution in [0.4, 0.5) is 0 Å². The molecule has 0 spiro atoms. The molecule has 2 aromatic rings. The zero-order valence-electron chi connectivity index (χ0n) is 13.6. The largest absolute Gasteiger partial charge is 0.478 e. The van der Waals surface area contributed by atoms with E-state index in [1.54, 1.807) is 18.2 Å². The van der Waals surface area contributed by atoms with Crippen LogP contribution in [0.15, 0.2) is 48.5 Å². The van der Waals surface area contributed by atoms with Gasteiger partial charge in [0.2, 0.25) is 0 Å². The van der Waals surface area contributed by atoms with Gasteiger partial charge in [0.05, 0.1) is 11.1 Å². The van der Waals surface area contributed by atoms with Crippen LogP contribution in [0, 0.1) is 0 Å². The van der Waals surface area contributed by atoms with Crippen LogP contribution in [-0.4, -0.2) is 39.0 Å². The summed E-state index contributed by atoms with van der Waals surface area (Å²) in [6.07, 6.45) is 1.14. The molecule has 0 radical (unpaired) electrons. The number of aliphatic hydroxyl groups is 2. The summed E-state index contributed by atoms with van der Waals surface area (Å²) < 4.78 is 0. The van der Waals surface area contributed by atoms with E-state index in [-0.39, 0.29) is 29.7 Å². The van der Waals surface area contributed by atoms with Gasteiger partial charge in [0.25, 0.3) is 0 Å². The van der Waals surface area contributed by atoms with Gasteiger partial charge >= 0.3 is 11.9 Å². The van der Waals surface area contributed by atoms with E-state index in [1.807, 2.05) is 0 Å². The minimum Gasteiger partial charge on any atom is -0.478 e. The maximum atomic E-state index is 11.5. The summed E-state index contributed by atoms with van der Waals surface area (Å²) >= 11 is 0. The molecule has 0 aromatic heterocycles. The molecule has 6 nitrogen and oxygen atoms in total. The number of carboxylic acid groups (broad SMARTS) is 2. The second-order valence-corrected chi connectivity index (χ2v) is 5.77. The van der Waals surface area contributed by atoms with Crippen LogP contribution in [0.2, 0.25) is 0 Å². The fraction of sp³-hybridized carbons (Fsp3) is 0.263. The number of aliphatic hydroxyl groups excluding tert-OH is 1. The first-order chi connectivity index (χ1) is 11.9. The lowest BCUT2D eigenvalue weighted by Gasteiger charge is -2.31. The molecule has 0 saturated heterocycles. The lowest BCUT2D eigenvalue weighted by Crippen LogP contribution is -2.30. The highest BCUT2D eigenvalue weighted by molar-refractivity contribution is 5.90. The Balaban J connectivity index is 2.54. The Labute approximate surface area is 145 Å². The molecule has 1 atom stereocenters. The standard InChI is InChI=1S/C19H20O6/c20-12-4-3-11-19(25,14-9-7-13(8-10-14)17(21)22)16-6-2-1-5-15(16)18(23)24/h1-2,5-10,20,25H,3-4,11-12H2,(H,21,22)(H,23,24). The molecule has 132 valence electrons. The lowest BCUT2D eigenvalue weighted by atomic mass is 9.79. The quantitative estimate of drug-likeness (QED) is 0.547. The average Bonchev–Trinajstić information content (AvgIpc) is 2.61. The molecule has 0 aliphatic rings. The third-order valence-electron chi connectivity index (χ3n) is 4.16. The fourth-order valence-electron chi connectivity index (χ4n) is 2.85. The molecule has 0 heterocycles. The van der Waals surface area contributed by atoms with Crippen LogP contribution in [0.1, 0.15) is 51.1 Å². The summed E-state index contributed by atoms with van der Waals surface area (Å²) in [4.78, 5) is 22.6. The number of carboxylic acids is 2. The summed E-state index contributed by atoms with van der Waals surface area (Å²) in [5, 5.41) is 38.8. The Morgan fingerprint density at radius 2 is 1.52 bits per heavy atom. The Hall–Kier alpha value is -2.70. The summed E-state index contributed by atoms with van der Waals surface area (Å²) in [5.74, 6) is -2.24. The molecular weight excluding hydrogens is 324 g/mol. The van der Waals surface area contributed by atoms with Crippen LogP contribution in [0.25, 0.3) is 0 Å². The molecule has 25 heavy (non-hydrogen) atoms. The first kappa shape index (κ1) is 18.6. The van der Waals surface area contributed by atoms with E-state index < -0.39 is 17.5 Å². The number of aromatic carboxylic acids is 2. The van der Waals surface area contributed by atoms with Crippen molar-refractivity contribution in [2.24, 2.45) is 0 Å². The molecule has 1 unspecified atom stereocenters. The van der Waals surface area contributed by atoms with Gasteiger partial charge < -0.3 is 20.4 Å². The molecule has 0 bridgehead atoms. The molecule has 2 aromatic carbocycles. The van der Waals surface area contributed by atoms with Gasteiger partial charge in [0.1, 0.15) is 5.60 Å². The van der Waals surface area contributed by atoms with Gasteiger partial charge in [-0.1, -0.05) is 30.3 Å². The Kier molecular flexibility index (Phi) is 5.90. The van der Waals surface area contributed by atoms with Crippen molar-refractivity contribution >= 4 is 11.9 Å². The Bertz CT molecular complexity index is 753. The van der Waals surface area contributed by atoms with Crippen molar-refractivity contribution in [2.45, 2.75) is 24.9 Å². The van der Waals surface area contributed by atoms with Gasteiger partial charge in [-0.3, -0.25) is 0 Å². The van der Waals surface area contributed by atoms with E-state index in [4.69, 9.17) is 10.2 Å². The van der Waals surface area contributed by atoms with Crippen molar-refractivity contribution in [3.63, 3.8) is 0 Å². The minimum atomic E-state index is -1.60. The highest BCUT2D eigenvalue weighted by Gasteiger charge is 2.34. The Morgan fingerprint density at radius 3 is 2.08 bits per heavy atom. The molecule has 0 saturated carbocycles. The zero-order chi connectivity index (χ0) is 18.4. The fourth-order valence-corrected chi connectivity index (χ4v) is 2.85. The van der Waals surface area contributed by atoms with Gasteiger partial charge in [-0.25, -0.2) is 9.59 Å². The number of hydrogen-bond donors (Lipinski definition) is 4.